The number of halogens is 1. The van der Waals surface area contributed by atoms with E-state index in [1.807, 2.05) is 49.4 Å². The first-order valence-corrected chi connectivity index (χ1v) is 7.92. The molecule has 1 amide bonds. The minimum absolute atomic E-state index is 0.166. The predicted octanol–water partition coefficient (Wildman–Crippen LogP) is 5.12. The number of thiophene rings is 1. The van der Waals surface area contributed by atoms with E-state index in [1.54, 1.807) is 7.11 Å². The second kappa shape index (κ2) is 5.99. The smallest absolute Gasteiger partial charge is 0.265 e. The molecule has 3 aromatic rings. The highest BCUT2D eigenvalue weighted by Crippen LogP contribution is 2.32. The number of amides is 1. The fraction of sp³-hybridized carbons (Fsp3) is 0.118. The molecule has 1 aromatic heterocycles. The van der Waals surface area contributed by atoms with Crippen LogP contribution in [-0.2, 0) is 0 Å². The van der Waals surface area contributed by atoms with Crippen molar-refractivity contribution in [2.45, 2.75) is 6.92 Å². The largest absolute Gasteiger partial charge is 0.495 e. The number of anilines is 1. The van der Waals surface area contributed by atoms with Crippen molar-refractivity contribution in [2.24, 2.45) is 0 Å². The van der Waals surface area contributed by atoms with Gasteiger partial charge in [0.15, 0.2) is 0 Å². The highest BCUT2D eigenvalue weighted by Gasteiger charge is 2.14. The minimum Gasteiger partial charge on any atom is -0.495 e. The van der Waals surface area contributed by atoms with E-state index >= 15 is 0 Å². The van der Waals surface area contributed by atoms with Crippen LogP contribution in [0.2, 0.25) is 5.02 Å². The third kappa shape index (κ3) is 2.80. The SMILES string of the molecule is COc1ccc(C)cc1NC(=O)c1cc2c(Cl)cccc2s1. The standard InChI is InChI=1S/C17H14ClNO2S/c1-10-6-7-14(21-2)13(8-10)19-17(20)16-9-11-12(18)4-3-5-15(11)22-16/h3-9H,1-2H3,(H,19,20). The topological polar surface area (TPSA) is 38.3 Å². The molecular weight excluding hydrogens is 318 g/mol. The lowest BCUT2D eigenvalue weighted by atomic mass is 10.2. The monoisotopic (exact) mass is 331 g/mol. The van der Waals surface area contributed by atoms with Gasteiger partial charge in [0.05, 0.1) is 17.7 Å². The van der Waals surface area contributed by atoms with E-state index in [9.17, 15) is 4.79 Å². The zero-order chi connectivity index (χ0) is 15.7. The predicted molar refractivity (Wildman–Crippen MR) is 92.5 cm³/mol. The van der Waals surface area contributed by atoms with Crippen LogP contribution >= 0.6 is 22.9 Å². The average Bonchev–Trinajstić information content (AvgIpc) is 2.93. The molecule has 0 aliphatic rings. The molecule has 0 radical (unpaired) electrons. The van der Waals surface area contributed by atoms with Gasteiger partial charge >= 0.3 is 0 Å². The van der Waals surface area contributed by atoms with Gasteiger partial charge in [-0.25, -0.2) is 0 Å². The Hall–Kier alpha value is -2.04. The number of carbonyl (C=O) groups is 1. The molecule has 22 heavy (non-hydrogen) atoms. The van der Waals surface area contributed by atoms with Crippen LogP contribution in [0.25, 0.3) is 10.1 Å². The van der Waals surface area contributed by atoms with E-state index in [2.05, 4.69) is 5.32 Å². The van der Waals surface area contributed by atoms with Gasteiger partial charge in [-0.15, -0.1) is 11.3 Å². The first kappa shape index (κ1) is 14.9. The van der Waals surface area contributed by atoms with Crippen LogP contribution in [0.5, 0.6) is 5.75 Å². The number of ether oxygens (including phenoxy) is 1. The summed E-state index contributed by atoms with van der Waals surface area (Å²) in [6.45, 7) is 1.97. The summed E-state index contributed by atoms with van der Waals surface area (Å²) >= 11 is 7.58. The van der Waals surface area contributed by atoms with Gasteiger partial charge in [-0.1, -0.05) is 23.7 Å². The lowest BCUT2D eigenvalue weighted by Crippen LogP contribution is -2.11. The van der Waals surface area contributed by atoms with Crippen molar-refractivity contribution in [1.29, 1.82) is 0 Å². The molecule has 3 rings (SSSR count). The molecule has 2 aromatic carbocycles. The Morgan fingerprint density at radius 2 is 2.05 bits per heavy atom. The van der Waals surface area contributed by atoms with Gasteiger partial charge in [-0.2, -0.15) is 0 Å². The molecule has 5 heteroatoms. The molecule has 0 fully saturated rings. The van der Waals surface area contributed by atoms with Gasteiger partial charge < -0.3 is 10.1 Å². The van der Waals surface area contributed by atoms with Crippen LogP contribution < -0.4 is 10.1 Å². The van der Waals surface area contributed by atoms with Crippen molar-refractivity contribution in [3.05, 3.63) is 57.9 Å². The molecule has 0 unspecified atom stereocenters. The summed E-state index contributed by atoms with van der Waals surface area (Å²) in [6.07, 6.45) is 0. The highest BCUT2D eigenvalue weighted by molar-refractivity contribution is 7.21. The van der Waals surface area contributed by atoms with Crippen LogP contribution in [0.4, 0.5) is 5.69 Å². The maximum Gasteiger partial charge on any atom is 0.265 e. The summed E-state index contributed by atoms with van der Waals surface area (Å²) in [6, 6.07) is 13.1. The fourth-order valence-electron chi connectivity index (χ4n) is 2.24. The summed E-state index contributed by atoms with van der Waals surface area (Å²) in [5, 5.41) is 4.45. The van der Waals surface area contributed by atoms with E-state index in [0.717, 1.165) is 15.6 Å². The molecule has 0 saturated heterocycles. The number of nitrogens with one attached hydrogen (secondary N) is 1. The lowest BCUT2D eigenvalue weighted by molar-refractivity contribution is 0.103. The molecule has 0 saturated carbocycles. The van der Waals surface area contributed by atoms with Crippen molar-refractivity contribution in [1.82, 2.24) is 0 Å². The molecule has 0 bridgehead atoms. The number of methoxy groups -OCH3 is 1. The molecule has 0 spiro atoms. The molecule has 1 heterocycles. The number of benzene rings is 2. The zero-order valence-electron chi connectivity index (χ0n) is 12.1. The first-order valence-electron chi connectivity index (χ1n) is 6.72. The molecule has 3 nitrogen and oxygen atoms in total. The highest BCUT2D eigenvalue weighted by atomic mass is 35.5. The first-order chi connectivity index (χ1) is 10.6. The number of fused-ring (bicyclic) bond motifs is 1. The Morgan fingerprint density at radius 1 is 1.23 bits per heavy atom. The van der Waals surface area contributed by atoms with Crippen molar-refractivity contribution < 1.29 is 9.53 Å². The average molecular weight is 332 g/mol. The van der Waals surface area contributed by atoms with Gasteiger partial charge in [0.1, 0.15) is 5.75 Å². The lowest BCUT2D eigenvalue weighted by Gasteiger charge is -2.10. The summed E-state index contributed by atoms with van der Waals surface area (Å²) in [5.41, 5.74) is 1.71. The van der Waals surface area contributed by atoms with E-state index in [4.69, 9.17) is 16.3 Å². The number of hydrogen-bond donors (Lipinski definition) is 1. The molecule has 0 aliphatic heterocycles. The summed E-state index contributed by atoms with van der Waals surface area (Å²) in [5.74, 6) is 0.472. The van der Waals surface area contributed by atoms with Gasteiger partial charge in [-0.05, 0) is 42.8 Å². The molecule has 1 N–H and O–H groups in total. The number of aryl methyl sites for hydroxylation is 1. The maximum atomic E-state index is 12.5. The van der Waals surface area contributed by atoms with E-state index < -0.39 is 0 Å². The van der Waals surface area contributed by atoms with Crippen LogP contribution in [0.3, 0.4) is 0 Å². The number of rotatable bonds is 3. The van der Waals surface area contributed by atoms with E-state index in [-0.39, 0.29) is 5.91 Å². The Kier molecular flexibility index (Phi) is 4.05. The Morgan fingerprint density at radius 3 is 2.77 bits per heavy atom. The maximum absolute atomic E-state index is 12.5. The third-order valence-electron chi connectivity index (χ3n) is 3.34. The van der Waals surface area contributed by atoms with E-state index in [1.165, 1.54) is 11.3 Å². The Bertz CT molecular complexity index is 857. The Labute approximate surface area is 137 Å². The summed E-state index contributed by atoms with van der Waals surface area (Å²) in [4.78, 5) is 13.1. The summed E-state index contributed by atoms with van der Waals surface area (Å²) < 4.78 is 6.28. The zero-order valence-corrected chi connectivity index (χ0v) is 13.7. The minimum atomic E-state index is -0.166. The van der Waals surface area contributed by atoms with Crippen LogP contribution in [0.15, 0.2) is 42.5 Å². The van der Waals surface area contributed by atoms with Crippen LogP contribution in [-0.4, -0.2) is 13.0 Å². The van der Waals surface area contributed by atoms with Crippen molar-refractivity contribution in [3.63, 3.8) is 0 Å². The van der Waals surface area contributed by atoms with E-state index in [0.29, 0.717) is 21.3 Å². The van der Waals surface area contributed by atoms with Gasteiger partial charge in [0.2, 0.25) is 0 Å². The van der Waals surface area contributed by atoms with Gasteiger partial charge in [0, 0.05) is 15.1 Å². The molecule has 0 aliphatic carbocycles. The quantitative estimate of drug-likeness (QED) is 0.723. The van der Waals surface area contributed by atoms with Crippen molar-refractivity contribution >= 4 is 44.6 Å². The summed E-state index contributed by atoms with van der Waals surface area (Å²) in [7, 11) is 1.58. The van der Waals surface area contributed by atoms with Crippen LogP contribution in [0.1, 0.15) is 15.2 Å². The third-order valence-corrected chi connectivity index (χ3v) is 4.76. The second-order valence-electron chi connectivity index (χ2n) is 4.92. The normalized spacial score (nSPS) is 10.7. The fourth-order valence-corrected chi connectivity index (χ4v) is 3.51. The van der Waals surface area contributed by atoms with Gasteiger partial charge in [-0.3, -0.25) is 4.79 Å². The number of hydrogen-bond acceptors (Lipinski definition) is 3. The Balaban J connectivity index is 1.93. The molecular formula is C17H14ClNO2S. The second-order valence-corrected chi connectivity index (χ2v) is 6.41. The molecule has 112 valence electrons. The number of carbonyl (C=O) groups excluding carboxylic acids is 1. The van der Waals surface area contributed by atoms with Crippen LogP contribution in [0, 0.1) is 6.92 Å². The van der Waals surface area contributed by atoms with Crippen molar-refractivity contribution in [2.75, 3.05) is 12.4 Å². The van der Waals surface area contributed by atoms with Crippen molar-refractivity contribution in [3.8, 4) is 5.75 Å². The van der Waals surface area contributed by atoms with Gasteiger partial charge in [0.25, 0.3) is 5.91 Å². The molecule has 0 atom stereocenters.